The van der Waals surface area contributed by atoms with Crippen molar-refractivity contribution < 1.29 is 5.11 Å². The summed E-state index contributed by atoms with van der Waals surface area (Å²) in [5, 5.41) is 11.0. The lowest BCUT2D eigenvalue weighted by Gasteiger charge is -2.16. The van der Waals surface area contributed by atoms with E-state index in [0.717, 1.165) is 5.52 Å². The van der Waals surface area contributed by atoms with Crippen LogP contribution in [-0.4, -0.2) is 15.7 Å². The first kappa shape index (κ1) is 10.2. The SMILES string of the molecule is Cc1ccc2[nH]cc(CC(C)(C)O)c2c1. The average molecular weight is 203 g/mol. The van der Waals surface area contributed by atoms with Crippen molar-refractivity contribution in [3.63, 3.8) is 0 Å². The quantitative estimate of drug-likeness (QED) is 0.773. The molecule has 0 atom stereocenters. The Morgan fingerprint density at radius 3 is 2.73 bits per heavy atom. The van der Waals surface area contributed by atoms with Crippen LogP contribution in [0.1, 0.15) is 25.0 Å². The number of hydrogen-bond acceptors (Lipinski definition) is 1. The van der Waals surface area contributed by atoms with Crippen LogP contribution in [0.15, 0.2) is 24.4 Å². The van der Waals surface area contributed by atoms with Crippen LogP contribution in [-0.2, 0) is 6.42 Å². The lowest BCUT2D eigenvalue weighted by molar-refractivity contribution is 0.0813. The molecule has 2 N–H and O–H groups in total. The van der Waals surface area contributed by atoms with Crippen LogP contribution in [0.4, 0.5) is 0 Å². The Bertz CT molecular complexity index is 477. The van der Waals surface area contributed by atoms with E-state index < -0.39 is 5.60 Å². The number of H-pyrrole nitrogens is 1. The molecule has 0 aliphatic carbocycles. The zero-order valence-electron chi connectivity index (χ0n) is 9.46. The lowest BCUT2D eigenvalue weighted by Crippen LogP contribution is -2.21. The molecule has 1 heterocycles. The molecule has 1 aromatic heterocycles. The largest absolute Gasteiger partial charge is 0.390 e. The standard InChI is InChI=1S/C13H17NO/c1-9-4-5-12-11(6-9)10(8-14-12)7-13(2,3)15/h4-6,8,14-15H,7H2,1-3H3. The molecule has 2 aromatic rings. The minimum Gasteiger partial charge on any atom is -0.390 e. The molecule has 15 heavy (non-hydrogen) atoms. The van der Waals surface area contributed by atoms with Gasteiger partial charge in [0.2, 0.25) is 0 Å². The third-order valence-corrected chi connectivity index (χ3v) is 2.55. The Morgan fingerprint density at radius 1 is 1.33 bits per heavy atom. The number of hydrogen-bond donors (Lipinski definition) is 2. The zero-order chi connectivity index (χ0) is 11.1. The highest BCUT2D eigenvalue weighted by Crippen LogP contribution is 2.23. The van der Waals surface area contributed by atoms with E-state index in [-0.39, 0.29) is 0 Å². The molecule has 80 valence electrons. The monoisotopic (exact) mass is 203 g/mol. The molecule has 0 spiro atoms. The van der Waals surface area contributed by atoms with E-state index in [0.29, 0.717) is 6.42 Å². The third-order valence-electron chi connectivity index (χ3n) is 2.55. The van der Waals surface area contributed by atoms with Gasteiger partial charge in [-0.25, -0.2) is 0 Å². The molecular weight excluding hydrogens is 186 g/mol. The topological polar surface area (TPSA) is 36.0 Å². The van der Waals surface area contributed by atoms with E-state index in [1.807, 2.05) is 20.0 Å². The van der Waals surface area contributed by atoms with Gasteiger partial charge in [-0.15, -0.1) is 0 Å². The summed E-state index contributed by atoms with van der Waals surface area (Å²) in [7, 11) is 0. The Morgan fingerprint density at radius 2 is 2.07 bits per heavy atom. The van der Waals surface area contributed by atoms with Crippen LogP contribution in [0.2, 0.25) is 0 Å². The fraction of sp³-hybridized carbons (Fsp3) is 0.385. The van der Waals surface area contributed by atoms with Crippen LogP contribution < -0.4 is 0 Å². The molecule has 2 heteroatoms. The van der Waals surface area contributed by atoms with Crippen LogP contribution in [0.3, 0.4) is 0 Å². The highest BCUT2D eigenvalue weighted by atomic mass is 16.3. The third kappa shape index (κ3) is 2.21. The molecule has 0 bridgehead atoms. The van der Waals surface area contributed by atoms with Crippen molar-refractivity contribution in [1.29, 1.82) is 0 Å². The van der Waals surface area contributed by atoms with Crippen molar-refractivity contribution in [2.24, 2.45) is 0 Å². The van der Waals surface area contributed by atoms with Crippen LogP contribution in [0.25, 0.3) is 10.9 Å². The summed E-state index contributed by atoms with van der Waals surface area (Å²) in [5.41, 5.74) is 2.92. The van der Waals surface area contributed by atoms with Crippen molar-refractivity contribution in [3.8, 4) is 0 Å². The summed E-state index contributed by atoms with van der Waals surface area (Å²) in [5.74, 6) is 0. The van der Waals surface area contributed by atoms with Crippen LogP contribution in [0, 0.1) is 6.92 Å². The number of rotatable bonds is 2. The first-order valence-electron chi connectivity index (χ1n) is 5.25. The van der Waals surface area contributed by atoms with Gasteiger partial charge in [0.1, 0.15) is 0 Å². The van der Waals surface area contributed by atoms with Crippen molar-refractivity contribution in [3.05, 3.63) is 35.5 Å². The number of benzene rings is 1. The molecule has 0 amide bonds. The number of fused-ring (bicyclic) bond motifs is 1. The van der Waals surface area contributed by atoms with Gasteiger partial charge < -0.3 is 10.1 Å². The van der Waals surface area contributed by atoms with Gasteiger partial charge in [-0.3, -0.25) is 0 Å². The highest BCUT2D eigenvalue weighted by Gasteiger charge is 2.15. The van der Waals surface area contributed by atoms with Gasteiger partial charge in [-0.05, 0) is 38.5 Å². The van der Waals surface area contributed by atoms with Crippen LogP contribution in [0.5, 0.6) is 0 Å². The predicted octanol–water partition coefficient (Wildman–Crippen LogP) is 2.79. The van der Waals surface area contributed by atoms with E-state index >= 15 is 0 Å². The molecule has 0 fully saturated rings. The molecule has 2 rings (SSSR count). The lowest BCUT2D eigenvalue weighted by atomic mass is 9.98. The Balaban J connectivity index is 2.48. The number of aromatic nitrogens is 1. The summed E-state index contributed by atoms with van der Waals surface area (Å²) < 4.78 is 0. The fourth-order valence-electron chi connectivity index (χ4n) is 1.90. The van der Waals surface area contributed by atoms with Crippen molar-refractivity contribution >= 4 is 10.9 Å². The van der Waals surface area contributed by atoms with Gasteiger partial charge >= 0.3 is 0 Å². The van der Waals surface area contributed by atoms with E-state index in [9.17, 15) is 5.11 Å². The number of nitrogens with one attached hydrogen (secondary N) is 1. The molecule has 0 saturated heterocycles. The number of aliphatic hydroxyl groups is 1. The molecule has 0 saturated carbocycles. The fourth-order valence-corrected chi connectivity index (χ4v) is 1.90. The second-order valence-corrected chi connectivity index (χ2v) is 4.85. The van der Waals surface area contributed by atoms with Crippen molar-refractivity contribution in [2.45, 2.75) is 32.8 Å². The normalized spacial score (nSPS) is 12.3. The summed E-state index contributed by atoms with van der Waals surface area (Å²) in [4.78, 5) is 3.23. The Kier molecular flexibility index (Phi) is 2.31. The molecule has 1 aromatic carbocycles. The van der Waals surface area contributed by atoms with Gasteiger partial charge in [0.25, 0.3) is 0 Å². The maximum Gasteiger partial charge on any atom is 0.0632 e. The zero-order valence-corrected chi connectivity index (χ0v) is 9.46. The number of aromatic amines is 1. The van der Waals surface area contributed by atoms with Gasteiger partial charge in [0.05, 0.1) is 5.60 Å². The van der Waals surface area contributed by atoms with Crippen molar-refractivity contribution in [2.75, 3.05) is 0 Å². The molecule has 0 aliphatic rings. The highest BCUT2D eigenvalue weighted by molar-refractivity contribution is 5.83. The summed E-state index contributed by atoms with van der Waals surface area (Å²) in [6.45, 7) is 5.75. The minimum absolute atomic E-state index is 0.654. The second-order valence-electron chi connectivity index (χ2n) is 4.85. The van der Waals surface area contributed by atoms with Gasteiger partial charge in [-0.2, -0.15) is 0 Å². The van der Waals surface area contributed by atoms with Gasteiger partial charge in [0.15, 0.2) is 0 Å². The van der Waals surface area contributed by atoms with Gasteiger partial charge in [0, 0.05) is 23.5 Å². The first-order chi connectivity index (χ1) is 6.96. The van der Waals surface area contributed by atoms with Crippen LogP contribution >= 0.6 is 0 Å². The maximum absolute atomic E-state index is 9.80. The summed E-state index contributed by atoms with van der Waals surface area (Å²) in [6, 6.07) is 6.33. The average Bonchev–Trinajstić information content (AvgIpc) is 2.46. The molecular formula is C13H17NO. The first-order valence-corrected chi connectivity index (χ1v) is 5.25. The molecule has 0 aliphatic heterocycles. The minimum atomic E-state index is -0.654. The molecule has 2 nitrogen and oxygen atoms in total. The Labute approximate surface area is 89.9 Å². The molecule has 0 unspecified atom stereocenters. The van der Waals surface area contributed by atoms with E-state index in [2.05, 4.69) is 30.1 Å². The maximum atomic E-state index is 9.80. The number of aryl methyl sites for hydroxylation is 1. The predicted molar refractivity (Wildman–Crippen MR) is 63.0 cm³/mol. The second kappa shape index (κ2) is 3.38. The summed E-state index contributed by atoms with van der Waals surface area (Å²) in [6.07, 6.45) is 2.67. The summed E-state index contributed by atoms with van der Waals surface area (Å²) >= 11 is 0. The van der Waals surface area contributed by atoms with Crippen molar-refractivity contribution in [1.82, 2.24) is 4.98 Å². The Hall–Kier alpha value is -1.28. The smallest absolute Gasteiger partial charge is 0.0632 e. The van der Waals surface area contributed by atoms with E-state index in [4.69, 9.17) is 0 Å². The molecule has 0 radical (unpaired) electrons. The van der Waals surface area contributed by atoms with E-state index in [1.54, 1.807) is 0 Å². The van der Waals surface area contributed by atoms with E-state index in [1.165, 1.54) is 16.5 Å². The van der Waals surface area contributed by atoms with Gasteiger partial charge in [-0.1, -0.05) is 11.6 Å².